The van der Waals surface area contributed by atoms with E-state index in [4.69, 9.17) is 6.58 Å². The summed E-state index contributed by atoms with van der Waals surface area (Å²) in [6.07, 6.45) is 3.82. The smallest absolute Gasteiger partial charge is 0 e. The fourth-order valence-electron chi connectivity index (χ4n) is 1.02. The Morgan fingerprint density at radius 2 is 1.42 bits per heavy atom. The Morgan fingerprint density at radius 1 is 1.05 bits per heavy atom. The van der Waals surface area contributed by atoms with Crippen molar-refractivity contribution in [1.82, 2.24) is 0 Å². The Hall–Kier alpha value is -2.04. The van der Waals surface area contributed by atoms with Gasteiger partial charge in [-0.05, 0) is 17.9 Å². The molecule has 0 nitrogen and oxygen atoms in total. The molecule has 0 heterocycles. The Labute approximate surface area is 117 Å². The van der Waals surface area contributed by atoms with Crippen molar-refractivity contribution in [3.63, 3.8) is 0 Å². The molecule has 1 aromatic carbocycles. The minimum atomic E-state index is 0. The van der Waals surface area contributed by atoms with Gasteiger partial charge in [-0.3, -0.25) is 6.08 Å². The molecule has 0 aromatic heterocycles. The monoisotopic (exact) mass is 518 g/mol. The zero-order valence-corrected chi connectivity index (χ0v) is 18.6. The first-order valence-corrected chi connectivity index (χ1v) is 6.34. The third-order valence-corrected chi connectivity index (χ3v) is 2.22. The maximum Gasteiger partial charge on any atom is 0 e. The summed E-state index contributed by atoms with van der Waals surface area (Å²) in [6.45, 7) is 15.4. The van der Waals surface area contributed by atoms with E-state index in [1.807, 2.05) is 20.8 Å². The van der Waals surface area contributed by atoms with Crippen LogP contribution in [-0.4, -0.2) is 0 Å². The molecule has 0 aliphatic heterocycles. The second kappa shape index (κ2) is 25.0. The summed E-state index contributed by atoms with van der Waals surface area (Å²) in [4.78, 5) is 0. The molecule has 0 saturated carbocycles. The Balaban J connectivity index is -0.0000000639. The van der Waals surface area contributed by atoms with Gasteiger partial charge in [0.2, 0.25) is 0 Å². The van der Waals surface area contributed by atoms with Crippen LogP contribution in [-0.2, 0) is 0 Å². The molecule has 0 aliphatic carbocycles. The Bertz CT molecular complexity index is 229. The number of benzene rings is 1. The molecular weight excluding hydrogens is 483 g/mol. The van der Waals surface area contributed by atoms with Crippen LogP contribution in [0.2, 0.25) is 0 Å². The molecule has 0 amide bonds. The van der Waals surface area contributed by atoms with Crippen LogP contribution in [0.4, 0.5) is 0 Å². The van der Waals surface area contributed by atoms with Gasteiger partial charge in [-0.1, -0.05) is 86.2 Å². The van der Waals surface area contributed by atoms with Crippen LogP contribution in [0.25, 0.3) is 0 Å². The van der Waals surface area contributed by atoms with Crippen molar-refractivity contribution < 1.29 is 0 Å². The number of hydrogen-bond acceptors (Lipinski definition) is 0. The van der Waals surface area contributed by atoms with Crippen molar-refractivity contribution in [3.8, 4) is 0 Å². The molecule has 0 radical (unpaired) electrons. The van der Waals surface area contributed by atoms with Crippen molar-refractivity contribution in [2.24, 2.45) is 0 Å². The molecule has 0 spiro atoms. The first kappa shape index (κ1) is 30.2. The third kappa shape index (κ3) is 18.5. The van der Waals surface area contributed by atoms with Crippen LogP contribution in [0.1, 0.15) is 73.8 Å². The van der Waals surface area contributed by atoms with Crippen LogP contribution in [0.3, 0.4) is 0 Å². The van der Waals surface area contributed by atoms with Gasteiger partial charge in [0.05, 0.1) is 0 Å². The molecule has 19 heavy (non-hydrogen) atoms. The first-order chi connectivity index (χ1) is 7.76. The van der Waals surface area contributed by atoms with Crippen LogP contribution >= 0.6 is 0 Å². The zero-order chi connectivity index (χ0) is 12.8. The molecule has 1 atom stereocenters. The van der Waals surface area contributed by atoms with Gasteiger partial charge in [-0.15, -0.1) is 0 Å². The van der Waals surface area contributed by atoms with E-state index in [2.05, 4.69) is 44.2 Å². The molecule has 0 saturated heterocycles. The quantitative estimate of drug-likeness (QED) is 0.383. The number of rotatable bonds is 3. The largest absolute Gasteiger partial charge is 0.518 e. The van der Waals surface area contributed by atoms with Crippen molar-refractivity contribution in [2.45, 2.75) is 68.2 Å². The van der Waals surface area contributed by atoms with Crippen molar-refractivity contribution in [1.29, 1.82) is 0 Å². The normalized spacial score (nSPS) is 8.47. The molecule has 0 bridgehead atoms. The third-order valence-electron chi connectivity index (χ3n) is 2.22. The van der Waals surface area contributed by atoms with E-state index in [1.54, 1.807) is 6.08 Å². The molecule has 0 aliphatic rings. The van der Waals surface area contributed by atoms with E-state index in [1.165, 1.54) is 12.0 Å². The SMILES string of the molecule is C.C.CC.CCC(C)c1ccccc1.[CH-]=CCC.[Rf]. The fraction of sp³-hybridized carbons (Fsp3) is 0.556. The van der Waals surface area contributed by atoms with Gasteiger partial charge in [0.25, 0.3) is 0 Å². The van der Waals surface area contributed by atoms with Gasteiger partial charge < -0.3 is 6.58 Å². The van der Waals surface area contributed by atoms with E-state index in [-0.39, 0.29) is 14.9 Å². The summed E-state index contributed by atoms with van der Waals surface area (Å²) in [5.41, 5.74) is 1.45. The van der Waals surface area contributed by atoms with Gasteiger partial charge in [0, 0.05) is 0 Å². The minimum Gasteiger partial charge on any atom is -0.518 e. The summed E-state index contributed by atoms with van der Waals surface area (Å²) < 4.78 is 0. The van der Waals surface area contributed by atoms with Crippen LogP contribution < -0.4 is 0 Å². The summed E-state index contributed by atoms with van der Waals surface area (Å²) in [6, 6.07) is 10.6. The molecule has 1 unspecified atom stereocenters. The van der Waals surface area contributed by atoms with E-state index < -0.39 is 0 Å². The molecule has 0 fully saturated rings. The standard InChI is InChI=1S/C10H14.C4H7.C2H6.2CH4.Rf/c1-3-9(2)10-7-5-4-6-8-10;1-3-4-2;1-2;;;/h4-9H,3H2,1-2H3;1,3H,4H2,2H3;1-2H3;2*1H4;/q;-1;;;;. The average molecular weight is 518 g/mol. The Kier molecular flexibility index (Phi) is 39.7. The topological polar surface area (TPSA) is 0 Å². The number of allylic oxidation sites excluding steroid dienone is 1. The molecule has 1 rings (SSSR count). The van der Waals surface area contributed by atoms with Gasteiger partial charge in [-0.25, -0.2) is 0 Å². The van der Waals surface area contributed by atoms with Gasteiger partial charge in [0.15, 0.2) is 0 Å². The van der Waals surface area contributed by atoms with E-state index in [9.17, 15) is 0 Å². The molecule has 110 valence electrons. The summed E-state index contributed by atoms with van der Waals surface area (Å²) in [5, 5.41) is 0. The molecule has 1 aromatic rings. The maximum absolute atomic E-state index is 4.90. The fourth-order valence-corrected chi connectivity index (χ4v) is 1.02. The van der Waals surface area contributed by atoms with Crippen molar-refractivity contribution >= 4 is 0 Å². The minimum absolute atomic E-state index is 0. The Morgan fingerprint density at radius 3 is 1.68 bits per heavy atom. The van der Waals surface area contributed by atoms with E-state index >= 15 is 0 Å². The van der Waals surface area contributed by atoms with Crippen LogP contribution in [0.15, 0.2) is 36.4 Å². The second-order valence-electron chi connectivity index (χ2n) is 3.36. The van der Waals surface area contributed by atoms with Gasteiger partial charge >= 0.3 is 0 Å². The van der Waals surface area contributed by atoms with Crippen molar-refractivity contribution in [3.05, 3.63) is 48.6 Å². The van der Waals surface area contributed by atoms with Gasteiger partial charge in [-0.2, -0.15) is 0 Å². The predicted octanol–water partition coefficient (Wildman–Crippen LogP) is 6.88. The van der Waals surface area contributed by atoms with E-state index in [0.29, 0.717) is 5.92 Å². The summed E-state index contributed by atoms with van der Waals surface area (Å²) in [7, 11) is 0. The first-order valence-electron chi connectivity index (χ1n) is 6.34. The number of hydrogen-bond donors (Lipinski definition) is 0. The summed E-state index contributed by atoms with van der Waals surface area (Å²) in [5.74, 6) is 0.709. The molecule has 0 N–H and O–H groups in total. The molecule has 1 heteroatoms. The van der Waals surface area contributed by atoms with Gasteiger partial charge in [0.1, 0.15) is 0 Å². The van der Waals surface area contributed by atoms with E-state index in [0.717, 1.165) is 6.42 Å². The van der Waals surface area contributed by atoms with Crippen LogP contribution in [0.5, 0.6) is 0 Å². The summed E-state index contributed by atoms with van der Waals surface area (Å²) >= 11 is 0. The maximum atomic E-state index is 4.90. The average Bonchev–Trinajstić information content (AvgIpc) is 2.41. The second-order valence-corrected chi connectivity index (χ2v) is 3.36. The zero-order valence-electron chi connectivity index (χ0n) is 12.2. The van der Waals surface area contributed by atoms with Crippen LogP contribution in [0, 0.1) is 6.58 Å². The van der Waals surface area contributed by atoms with Crippen molar-refractivity contribution in [2.75, 3.05) is 0 Å². The molecular formula is C18H35Rf-. The predicted molar refractivity (Wildman–Crippen MR) is 89.1 cm³/mol.